The summed E-state index contributed by atoms with van der Waals surface area (Å²) in [5.41, 5.74) is 0.160. The maximum Gasteiger partial charge on any atom is 0.293 e. The lowest BCUT2D eigenvalue weighted by Gasteiger charge is -2.30. The first kappa shape index (κ1) is 16.7. The second kappa shape index (κ2) is 6.62. The van der Waals surface area contributed by atoms with Crippen LogP contribution in [0.15, 0.2) is 23.1 Å². The Kier molecular flexibility index (Phi) is 5.02. The number of hydrogen-bond acceptors (Lipinski definition) is 5. The standard InChI is InChI=1S/C14H21N3O4S/c1-10-5-3-4-6-12(10)16-13-8-7-11(22(20,21)15-2)9-14(13)17(18)19/h7-10,12,15-16H,3-6H2,1-2H3/t10-,12+/m1/s1. The van der Waals surface area contributed by atoms with Crippen LogP contribution in [0.25, 0.3) is 0 Å². The smallest absolute Gasteiger partial charge is 0.293 e. The number of rotatable bonds is 5. The van der Waals surface area contributed by atoms with Crippen LogP contribution in [-0.2, 0) is 10.0 Å². The fourth-order valence-electron chi connectivity index (χ4n) is 2.80. The molecule has 0 bridgehead atoms. The highest BCUT2D eigenvalue weighted by molar-refractivity contribution is 7.89. The molecule has 8 heteroatoms. The zero-order valence-electron chi connectivity index (χ0n) is 12.7. The van der Waals surface area contributed by atoms with Crippen LogP contribution >= 0.6 is 0 Å². The second-order valence-corrected chi connectivity index (χ2v) is 7.54. The number of sulfonamides is 1. The van der Waals surface area contributed by atoms with Crippen molar-refractivity contribution >= 4 is 21.4 Å². The maximum absolute atomic E-state index is 11.8. The normalized spacial score (nSPS) is 22.3. The SMILES string of the molecule is CNS(=O)(=O)c1ccc(N[C@H]2CCCC[C@H]2C)c([N+](=O)[O-])c1. The number of nitro groups is 1. The Bertz CT molecular complexity index is 660. The van der Waals surface area contributed by atoms with Gasteiger partial charge in [-0.2, -0.15) is 0 Å². The molecule has 1 aromatic carbocycles. The van der Waals surface area contributed by atoms with E-state index in [0.29, 0.717) is 11.6 Å². The van der Waals surface area contributed by atoms with Crippen molar-refractivity contribution in [2.45, 2.75) is 43.5 Å². The molecule has 2 N–H and O–H groups in total. The molecule has 0 unspecified atom stereocenters. The Labute approximate surface area is 130 Å². The first-order valence-electron chi connectivity index (χ1n) is 7.33. The van der Waals surface area contributed by atoms with E-state index >= 15 is 0 Å². The van der Waals surface area contributed by atoms with Crippen molar-refractivity contribution in [2.75, 3.05) is 12.4 Å². The van der Waals surface area contributed by atoms with Crippen LogP contribution in [0, 0.1) is 16.0 Å². The molecule has 1 saturated carbocycles. The van der Waals surface area contributed by atoms with Crippen molar-refractivity contribution in [3.8, 4) is 0 Å². The molecule has 7 nitrogen and oxygen atoms in total. The molecule has 0 heterocycles. The van der Waals surface area contributed by atoms with E-state index in [1.807, 2.05) is 0 Å². The van der Waals surface area contributed by atoms with Gasteiger partial charge in [0.2, 0.25) is 10.0 Å². The first-order chi connectivity index (χ1) is 10.3. The summed E-state index contributed by atoms with van der Waals surface area (Å²) in [5.74, 6) is 0.439. The Morgan fingerprint density at radius 3 is 2.55 bits per heavy atom. The van der Waals surface area contributed by atoms with E-state index < -0.39 is 14.9 Å². The minimum atomic E-state index is -3.70. The molecule has 0 aliphatic heterocycles. The van der Waals surface area contributed by atoms with Crippen LogP contribution in [0.5, 0.6) is 0 Å². The van der Waals surface area contributed by atoms with Crippen LogP contribution in [0.3, 0.4) is 0 Å². The number of benzene rings is 1. The van der Waals surface area contributed by atoms with E-state index in [2.05, 4.69) is 17.0 Å². The molecular weight excluding hydrogens is 306 g/mol. The van der Waals surface area contributed by atoms with Crippen molar-refractivity contribution in [3.05, 3.63) is 28.3 Å². The summed E-state index contributed by atoms with van der Waals surface area (Å²) in [6, 6.07) is 4.14. The zero-order valence-corrected chi connectivity index (χ0v) is 13.5. The van der Waals surface area contributed by atoms with Gasteiger partial charge in [-0.15, -0.1) is 0 Å². The minimum Gasteiger partial charge on any atom is -0.376 e. The number of nitrogens with zero attached hydrogens (tertiary/aromatic N) is 1. The van der Waals surface area contributed by atoms with Crippen LogP contribution in [-0.4, -0.2) is 26.4 Å². The van der Waals surface area contributed by atoms with Gasteiger partial charge in [-0.25, -0.2) is 13.1 Å². The molecule has 0 spiro atoms. The highest BCUT2D eigenvalue weighted by Gasteiger charge is 2.25. The molecule has 1 aliphatic rings. The predicted molar refractivity (Wildman–Crippen MR) is 84.4 cm³/mol. The van der Waals surface area contributed by atoms with Crippen LogP contribution in [0.4, 0.5) is 11.4 Å². The van der Waals surface area contributed by atoms with Crippen molar-refractivity contribution in [3.63, 3.8) is 0 Å². The fourth-order valence-corrected chi connectivity index (χ4v) is 3.55. The average molecular weight is 327 g/mol. The van der Waals surface area contributed by atoms with Crippen LogP contribution < -0.4 is 10.0 Å². The summed E-state index contributed by atoms with van der Waals surface area (Å²) >= 11 is 0. The van der Waals surface area contributed by atoms with Crippen molar-refractivity contribution in [1.82, 2.24) is 4.72 Å². The molecule has 1 fully saturated rings. The van der Waals surface area contributed by atoms with E-state index in [-0.39, 0.29) is 16.6 Å². The van der Waals surface area contributed by atoms with Crippen molar-refractivity contribution < 1.29 is 13.3 Å². The Morgan fingerprint density at radius 2 is 1.95 bits per heavy atom. The van der Waals surface area contributed by atoms with E-state index in [0.717, 1.165) is 25.3 Å². The molecular formula is C14H21N3O4S. The van der Waals surface area contributed by atoms with Gasteiger partial charge in [-0.1, -0.05) is 19.8 Å². The minimum absolute atomic E-state index is 0.107. The Balaban J connectivity index is 2.33. The van der Waals surface area contributed by atoms with Gasteiger partial charge in [0.05, 0.1) is 9.82 Å². The highest BCUT2D eigenvalue weighted by Crippen LogP contribution is 2.32. The summed E-state index contributed by atoms with van der Waals surface area (Å²) in [4.78, 5) is 10.6. The Hall–Kier alpha value is -1.67. The third-order valence-corrected chi connectivity index (χ3v) is 5.61. The van der Waals surface area contributed by atoms with E-state index in [9.17, 15) is 18.5 Å². The second-order valence-electron chi connectivity index (χ2n) is 5.66. The molecule has 122 valence electrons. The molecule has 1 aromatic rings. The van der Waals surface area contributed by atoms with Crippen molar-refractivity contribution in [2.24, 2.45) is 5.92 Å². The zero-order chi connectivity index (χ0) is 16.3. The van der Waals surface area contributed by atoms with Crippen molar-refractivity contribution in [1.29, 1.82) is 0 Å². The van der Waals surface area contributed by atoms with Gasteiger partial charge < -0.3 is 5.32 Å². The van der Waals surface area contributed by atoms with E-state index in [1.54, 1.807) is 0 Å². The summed E-state index contributed by atoms with van der Waals surface area (Å²) in [7, 11) is -2.42. The molecule has 2 atom stereocenters. The van der Waals surface area contributed by atoms with Crippen LogP contribution in [0.1, 0.15) is 32.6 Å². The number of nitrogens with one attached hydrogen (secondary N) is 2. The lowest BCUT2D eigenvalue weighted by molar-refractivity contribution is -0.384. The first-order valence-corrected chi connectivity index (χ1v) is 8.82. The summed E-state index contributed by atoms with van der Waals surface area (Å²) < 4.78 is 25.7. The number of anilines is 1. The molecule has 0 amide bonds. The van der Waals surface area contributed by atoms with Gasteiger partial charge in [-0.05, 0) is 37.9 Å². The molecule has 22 heavy (non-hydrogen) atoms. The monoisotopic (exact) mass is 327 g/mol. The lowest BCUT2D eigenvalue weighted by Crippen LogP contribution is -2.30. The molecule has 0 saturated heterocycles. The van der Waals surface area contributed by atoms with E-state index in [4.69, 9.17) is 0 Å². The van der Waals surface area contributed by atoms with Gasteiger partial charge in [0.15, 0.2) is 0 Å². The summed E-state index contributed by atoms with van der Waals surface area (Å²) in [5, 5.41) is 14.5. The average Bonchev–Trinajstić information content (AvgIpc) is 2.49. The molecule has 1 aliphatic carbocycles. The Morgan fingerprint density at radius 1 is 1.27 bits per heavy atom. The quantitative estimate of drug-likeness (QED) is 0.639. The van der Waals surface area contributed by atoms with E-state index in [1.165, 1.54) is 25.6 Å². The largest absolute Gasteiger partial charge is 0.376 e. The fraction of sp³-hybridized carbons (Fsp3) is 0.571. The topological polar surface area (TPSA) is 101 Å². The maximum atomic E-state index is 11.8. The number of hydrogen-bond donors (Lipinski definition) is 2. The molecule has 0 radical (unpaired) electrons. The summed E-state index contributed by atoms with van der Waals surface area (Å²) in [6.45, 7) is 2.13. The summed E-state index contributed by atoms with van der Waals surface area (Å²) in [6.07, 6.45) is 4.34. The van der Waals surface area contributed by atoms with Crippen LogP contribution in [0.2, 0.25) is 0 Å². The van der Waals surface area contributed by atoms with Gasteiger partial charge in [-0.3, -0.25) is 10.1 Å². The van der Waals surface area contributed by atoms with Gasteiger partial charge in [0.25, 0.3) is 5.69 Å². The highest BCUT2D eigenvalue weighted by atomic mass is 32.2. The van der Waals surface area contributed by atoms with Gasteiger partial charge >= 0.3 is 0 Å². The molecule has 2 rings (SSSR count). The third kappa shape index (κ3) is 3.56. The van der Waals surface area contributed by atoms with Gasteiger partial charge in [0, 0.05) is 12.1 Å². The van der Waals surface area contributed by atoms with Gasteiger partial charge in [0.1, 0.15) is 5.69 Å². The molecule has 0 aromatic heterocycles. The lowest BCUT2D eigenvalue weighted by atomic mass is 9.86. The predicted octanol–water partition coefficient (Wildman–Crippen LogP) is 2.49. The third-order valence-electron chi connectivity index (χ3n) is 4.20. The number of nitro benzene ring substituents is 1.